The van der Waals surface area contributed by atoms with Gasteiger partial charge in [-0.15, -0.1) is 0 Å². The number of fused-ring (bicyclic) bond motifs is 2. The molecule has 0 atom stereocenters. The van der Waals surface area contributed by atoms with Crippen LogP contribution in [0.25, 0.3) is 44.2 Å². The molecule has 1 saturated carbocycles. The van der Waals surface area contributed by atoms with Gasteiger partial charge in [-0.3, -0.25) is 0 Å². The molecule has 1 fully saturated rings. The molecule has 33 heavy (non-hydrogen) atoms. The molecule has 0 radical (unpaired) electrons. The molecular weight excluding hydrogens is 406 g/mol. The van der Waals surface area contributed by atoms with Crippen LogP contribution in [-0.4, -0.2) is 26.5 Å². The molecule has 1 aliphatic carbocycles. The normalized spacial score (nSPS) is 14.2. The number of hydrogen-bond donors (Lipinski definition) is 3. The van der Waals surface area contributed by atoms with Crippen molar-refractivity contribution in [2.24, 2.45) is 5.73 Å². The molecule has 6 rings (SSSR count). The minimum Gasteiger partial charge on any atom is -0.342 e. The Morgan fingerprint density at radius 3 is 2.39 bits per heavy atom. The Kier molecular flexibility index (Phi) is 5.19. The number of imidazole rings is 2. The Hall–Kier alpha value is -3.44. The fraction of sp³-hybridized carbons (Fsp3) is 0.286. The first-order valence-electron chi connectivity index (χ1n) is 12.0. The Bertz CT molecular complexity index is 1420. The summed E-state index contributed by atoms with van der Waals surface area (Å²) in [5.74, 6) is 2.81. The summed E-state index contributed by atoms with van der Waals surface area (Å²) >= 11 is 0. The van der Waals surface area contributed by atoms with Gasteiger partial charge in [0.25, 0.3) is 0 Å². The monoisotopic (exact) mass is 435 g/mol. The second kappa shape index (κ2) is 8.49. The Morgan fingerprint density at radius 1 is 0.848 bits per heavy atom. The van der Waals surface area contributed by atoms with E-state index >= 15 is 0 Å². The maximum Gasteiger partial charge on any atom is 0.109 e. The van der Waals surface area contributed by atoms with Gasteiger partial charge in [-0.1, -0.05) is 36.8 Å². The van der Waals surface area contributed by atoms with E-state index in [4.69, 9.17) is 10.7 Å². The number of benzene rings is 3. The zero-order chi connectivity index (χ0) is 22.2. The summed E-state index contributed by atoms with van der Waals surface area (Å²) < 4.78 is 0. The summed E-state index contributed by atoms with van der Waals surface area (Å²) in [6, 6.07) is 19.8. The van der Waals surface area contributed by atoms with E-state index in [1.165, 1.54) is 46.7 Å². The number of nitrogens with two attached hydrogens (primary N) is 1. The van der Waals surface area contributed by atoms with Gasteiger partial charge in [-0.2, -0.15) is 0 Å². The first-order chi connectivity index (χ1) is 16.3. The highest BCUT2D eigenvalue weighted by molar-refractivity contribution is 5.91. The van der Waals surface area contributed by atoms with Crippen LogP contribution in [0.5, 0.6) is 0 Å². The molecule has 0 spiro atoms. The van der Waals surface area contributed by atoms with Crippen LogP contribution in [-0.2, 0) is 6.42 Å². The van der Waals surface area contributed by atoms with Crippen molar-refractivity contribution in [2.45, 2.75) is 44.4 Å². The van der Waals surface area contributed by atoms with Gasteiger partial charge in [0, 0.05) is 17.9 Å². The van der Waals surface area contributed by atoms with Gasteiger partial charge in [0.1, 0.15) is 11.6 Å². The number of H-pyrrole nitrogens is 2. The molecule has 5 nitrogen and oxygen atoms in total. The average molecular weight is 436 g/mol. The summed E-state index contributed by atoms with van der Waals surface area (Å²) in [6.07, 6.45) is 8.85. The van der Waals surface area contributed by atoms with Gasteiger partial charge < -0.3 is 15.7 Å². The fourth-order valence-electron chi connectivity index (χ4n) is 4.76. The van der Waals surface area contributed by atoms with Crippen LogP contribution in [0.3, 0.4) is 0 Å². The molecule has 4 N–H and O–H groups in total. The zero-order valence-corrected chi connectivity index (χ0v) is 18.8. The Morgan fingerprint density at radius 2 is 1.61 bits per heavy atom. The SMILES string of the molecule is NCCCCc1nc2ccc(-c3ccc4cc(-c5cnc(C6CCC6)[nH]5)ccc4c3)cc2[nH]1. The minimum absolute atomic E-state index is 0.621. The summed E-state index contributed by atoms with van der Waals surface area (Å²) in [5.41, 5.74) is 12.4. The standard InChI is InChI=1S/C28H29N5/c29-13-2-1-6-27-31-24-12-11-22(16-25(24)32-27)20-7-8-21-15-23(10-9-19(21)14-20)26-17-30-28(33-26)18-4-3-5-18/h7-12,14-18H,1-6,13,29H2,(H,30,33)(H,31,32). The van der Waals surface area contributed by atoms with Crippen LogP contribution in [0.15, 0.2) is 60.8 Å². The highest BCUT2D eigenvalue weighted by atomic mass is 14.9. The van der Waals surface area contributed by atoms with Crippen molar-refractivity contribution in [1.29, 1.82) is 0 Å². The predicted octanol–water partition coefficient (Wildman–Crippen LogP) is 6.32. The highest BCUT2D eigenvalue weighted by Gasteiger charge is 2.22. The van der Waals surface area contributed by atoms with Crippen LogP contribution in [0.2, 0.25) is 0 Å². The summed E-state index contributed by atoms with van der Waals surface area (Å²) in [4.78, 5) is 16.4. The number of aromatic nitrogens is 4. The molecule has 5 aromatic rings. The van der Waals surface area contributed by atoms with Gasteiger partial charge in [-0.05, 0) is 78.4 Å². The van der Waals surface area contributed by atoms with Gasteiger partial charge >= 0.3 is 0 Å². The maximum absolute atomic E-state index is 5.61. The number of hydrogen-bond acceptors (Lipinski definition) is 3. The molecule has 0 aliphatic heterocycles. The average Bonchev–Trinajstić information content (AvgIpc) is 3.44. The third kappa shape index (κ3) is 3.93. The van der Waals surface area contributed by atoms with Crippen molar-refractivity contribution < 1.29 is 0 Å². The van der Waals surface area contributed by atoms with Crippen LogP contribution in [0, 0.1) is 0 Å². The maximum atomic E-state index is 5.61. The number of aryl methyl sites for hydroxylation is 1. The topological polar surface area (TPSA) is 83.4 Å². The van der Waals surface area contributed by atoms with E-state index in [9.17, 15) is 0 Å². The smallest absolute Gasteiger partial charge is 0.109 e. The lowest BCUT2D eigenvalue weighted by molar-refractivity contribution is 0.404. The molecule has 166 valence electrons. The second-order valence-electron chi connectivity index (χ2n) is 9.25. The van der Waals surface area contributed by atoms with Crippen LogP contribution >= 0.6 is 0 Å². The largest absolute Gasteiger partial charge is 0.342 e. The molecule has 0 bridgehead atoms. The van der Waals surface area contributed by atoms with Crippen molar-refractivity contribution >= 4 is 21.8 Å². The van der Waals surface area contributed by atoms with Crippen molar-refractivity contribution in [2.75, 3.05) is 6.54 Å². The third-order valence-corrected chi connectivity index (χ3v) is 6.97. The van der Waals surface area contributed by atoms with E-state index in [2.05, 4.69) is 69.5 Å². The van der Waals surface area contributed by atoms with Crippen LogP contribution in [0.4, 0.5) is 0 Å². The number of nitrogens with zero attached hydrogens (tertiary/aromatic N) is 2. The van der Waals surface area contributed by atoms with Crippen molar-refractivity contribution in [3.8, 4) is 22.4 Å². The first-order valence-corrected chi connectivity index (χ1v) is 12.0. The molecule has 5 heteroatoms. The first kappa shape index (κ1) is 20.2. The zero-order valence-electron chi connectivity index (χ0n) is 18.8. The van der Waals surface area contributed by atoms with Gasteiger partial charge in [0.05, 0.1) is 22.9 Å². The van der Waals surface area contributed by atoms with Crippen molar-refractivity contribution in [1.82, 2.24) is 19.9 Å². The molecule has 0 saturated heterocycles. The molecule has 3 aromatic carbocycles. The summed E-state index contributed by atoms with van der Waals surface area (Å²) in [6.45, 7) is 0.733. The number of aromatic amines is 2. The summed E-state index contributed by atoms with van der Waals surface area (Å²) in [5, 5.41) is 2.48. The van der Waals surface area contributed by atoms with Crippen molar-refractivity contribution in [3.05, 3.63) is 72.4 Å². The molecule has 2 heterocycles. The number of rotatable bonds is 7. The molecule has 0 amide bonds. The quantitative estimate of drug-likeness (QED) is 0.262. The second-order valence-corrected chi connectivity index (χ2v) is 9.25. The summed E-state index contributed by atoms with van der Waals surface area (Å²) in [7, 11) is 0. The number of unbranched alkanes of at least 4 members (excludes halogenated alkanes) is 1. The van der Waals surface area contributed by atoms with E-state index in [0.29, 0.717) is 5.92 Å². The molecule has 0 unspecified atom stereocenters. The van der Waals surface area contributed by atoms with Gasteiger partial charge in [0.2, 0.25) is 0 Å². The minimum atomic E-state index is 0.621. The molecule has 1 aliphatic rings. The Labute approximate surface area is 193 Å². The fourth-order valence-corrected chi connectivity index (χ4v) is 4.76. The Balaban J connectivity index is 1.27. The van der Waals surface area contributed by atoms with Crippen LogP contribution in [0.1, 0.15) is 49.7 Å². The van der Waals surface area contributed by atoms with E-state index in [-0.39, 0.29) is 0 Å². The van der Waals surface area contributed by atoms with E-state index in [1.807, 2.05) is 6.20 Å². The predicted molar refractivity (Wildman–Crippen MR) is 135 cm³/mol. The third-order valence-electron chi connectivity index (χ3n) is 6.97. The van der Waals surface area contributed by atoms with E-state index in [1.54, 1.807) is 0 Å². The van der Waals surface area contributed by atoms with E-state index < -0.39 is 0 Å². The molecule has 2 aromatic heterocycles. The van der Waals surface area contributed by atoms with Crippen LogP contribution < -0.4 is 5.73 Å². The lowest BCUT2D eigenvalue weighted by atomic mass is 9.85. The van der Waals surface area contributed by atoms with Gasteiger partial charge in [0.15, 0.2) is 0 Å². The van der Waals surface area contributed by atoms with Crippen molar-refractivity contribution in [3.63, 3.8) is 0 Å². The van der Waals surface area contributed by atoms with E-state index in [0.717, 1.165) is 54.2 Å². The molecular formula is C28H29N5. The number of nitrogens with one attached hydrogen (secondary N) is 2. The lowest BCUT2D eigenvalue weighted by Gasteiger charge is -2.22. The lowest BCUT2D eigenvalue weighted by Crippen LogP contribution is -2.10. The highest BCUT2D eigenvalue weighted by Crippen LogP contribution is 2.36. The van der Waals surface area contributed by atoms with Gasteiger partial charge in [-0.25, -0.2) is 9.97 Å².